The van der Waals surface area contributed by atoms with Crippen LogP contribution in [-0.2, 0) is 0 Å². The van der Waals surface area contributed by atoms with Gasteiger partial charge in [-0.05, 0) is 55.6 Å². The largest absolute Gasteiger partial charge is 0.356 e. The van der Waals surface area contributed by atoms with Gasteiger partial charge in [0, 0.05) is 24.7 Å². The summed E-state index contributed by atoms with van der Waals surface area (Å²) in [6.45, 7) is 1.75. The van der Waals surface area contributed by atoms with E-state index < -0.39 is 4.92 Å². The summed E-state index contributed by atoms with van der Waals surface area (Å²) < 4.78 is 0.718. The summed E-state index contributed by atoms with van der Waals surface area (Å²) >= 11 is 3.47. The molecule has 1 aliphatic rings. The molecule has 7 heteroatoms. The highest BCUT2D eigenvalue weighted by atomic mass is 79.9. The lowest BCUT2D eigenvalue weighted by atomic mass is 9.90. The Morgan fingerprint density at radius 1 is 1.43 bits per heavy atom. The van der Waals surface area contributed by atoms with Gasteiger partial charge in [0.1, 0.15) is 12.0 Å². The van der Waals surface area contributed by atoms with E-state index in [4.69, 9.17) is 0 Å². The maximum atomic E-state index is 11.0. The minimum absolute atomic E-state index is 0.0536. The Kier molecular flexibility index (Phi) is 5.16. The van der Waals surface area contributed by atoms with Crippen LogP contribution in [0.3, 0.4) is 0 Å². The van der Waals surface area contributed by atoms with Crippen LogP contribution in [-0.4, -0.2) is 36.1 Å². The number of anilines is 1. The van der Waals surface area contributed by atoms with Gasteiger partial charge in [0.05, 0.1) is 9.40 Å². The lowest BCUT2D eigenvalue weighted by Gasteiger charge is -2.35. The summed E-state index contributed by atoms with van der Waals surface area (Å²) in [5, 5.41) is 14.3. The van der Waals surface area contributed by atoms with E-state index in [2.05, 4.69) is 31.1 Å². The van der Waals surface area contributed by atoms with Gasteiger partial charge in [-0.1, -0.05) is 0 Å². The van der Waals surface area contributed by atoms with Crippen molar-refractivity contribution in [1.82, 2.24) is 10.3 Å². The predicted octanol–water partition coefficient (Wildman–Crippen LogP) is 3.03. The quantitative estimate of drug-likeness (QED) is 0.663. The number of hydrogen-bond donors (Lipinski definition) is 1. The Bertz CT molecular complexity index is 530. The number of nitrogens with one attached hydrogen (secondary N) is 1. The fraction of sp³-hybridized carbons (Fsp3) is 0.643. The highest BCUT2D eigenvalue weighted by molar-refractivity contribution is 9.10. The van der Waals surface area contributed by atoms with E-state index in [1.165, 1.54) is 6.20 Å². The number of halogens is 1. The molecule has 0 bridgehead atoms. The van der Waals surface area contributed by atoms with E-state index in [0.29, 0.717) is 17.6 Å². The summed E-state index contributed by atoms with van der Waals surface area (Å²) in [6, 6.07) is 1.03. The first-order valence-corrected chi connectivity index (χ1v) is 7.94. The Morgan fingerprint density at radius 2 is 2.05 bits per heavy atom. The van der Waals surface area contributed by atoms with E-state index in [1.54, 1.807) is 6.92 Å². The minimum atomic E-state index is -0.394. The molecule has 0 unspecified atom stereocenters. The van der Waals surface area contributed by atoms with Gasteiger partial charge in [0.25, 0.3) is 5.69 Å². The Hall–Kier alpha value is -1.21. The molecule has 21 heavy (non-hydrogen) atoms. The molecule has 1 aromatic heterocycles. The SMILES string of the molecule is CNC1CCC(N(C)c2ncc([N+](=O)[O-])c(C)c2Br)CC1. The number of nitro groups is 1. The first-order chi connectivity index (χ1) is 9.95. The fourth-order valence-electron chi connectivity index (χ4n) is 2.91. The zero-order chi connectivity index (χ0) is 15.6. The number of aromatic nitrogens is 1. The van der Waals surface area contributed by atoms with Gasteiger partial charge in [0.2, 0.25) is 0 Å². The van der Waals surface area contributed by atoms with Gasteiger partial charge >= 0.3 is 0 Å². The van der Waals surface area contributed by atoms with E-state index >= 15 is 0 Å². The number of rotatable bonds is 4. The molecule has 1 aromatic rings. The summed E-state index contributed by atoms with van der Waals surface area (Å²) in [7, 11) is 4.02. The molecule has 1 saturated carbocycles. The van der Waals surface area contributed by atoms with E-state index in [1.807, 2.05) is 14.1 Å². The van der Waals surface area contributed by atoms with Crippen molar-refractivity contribution < 1.29 is 4.92 Å². The third-order valence-corrected chi connectivity index (χ3v) is 5.35. The fourth-order valence-corrected chi connectivity index (χ4v) is 3.50. The van der Waals surface area contributed by atoms with E-state index in [9.17, 15) is 10.1 Å². The minimum Gasteiger partial charge on any atom is -0.356 e. The molecular weight excluding hydrogens is 336 g/mol. The lowest BCUT2D eigenvalue weighted by molar-refractivity contribution is -0.385. The van der Waals surface area contributed by atoms with Crippen molar-refractivity contribution in [3.8, 4) is 0 Å². The molecule has 0 atom stereocenters. The van der Waals surface area contributed by atoms with Crippen LogP contribution in [0, 0.1) is 17.0 Å². The van der Waals surface area contributed by atoms with Crippen molar-refractivity contribution in [2.24, 2.45) is 0 Å². The third kappa shape index (κ3) is 3.35. The Labute approximate surface area is 133 Å². The smallest absolute Gasteiger partial charge is 0.291 e. The average Bonchev–Trinajstić information content (AvgIpc) is 2.49. The summed E-state index contributed by atoms with van der Waals surface area (Å²) in [4.78, 5) is 17.0. The van der Waals surface area contributed by atoms with Gasteiger partial charge in [-0.25, -0.2) is 4.98 Å². The predicted molar refractivity (Wildman–Crippen MR) is 86.8 cm³/mol. The van der Waals surface area contributed by atoms with Crippen LogP contribution in [0.1, 0.15) is 31.2 Å². The van der Waals surface area contributed by atoms with Crippen LogP contribution in [0.15, 0.2) is 10.7 Å². The Balaban J connectivity index is 2.18. The lowest BCUT2D eigenvalue weighted by Crippen LogP contribution is -2.40. The number of nitrogens with zero attached hydrogens (tertiary/aromatic N) is 3. The number of pyridine rings is 1. The molecule has 2 rings (SSSR count). The van der Waals surface area contributed by atoms with Crippen LogP contribution < -0.4 is 10.2 Å². The van der Waals surface area contributed by atoms with Gasteiger partial charge in [-0.15, -0.1) is 0 Å². The molecule has 1 aliphatic carbocycles. The van der Waals surface area contributed by atoms with Gasteiger partial charge < -0.3 is 10.2 Å². The second-order valence-electron chi connectivity index (χ2n) is 5.57. The van der Waals surface area contributed by atoms with E-state index in [-0.39, 0.29) is 5.69 Å². The highest BCUT2D eigenvalue weighted by Gasteiger charge is 2.26. The Morgan fingerprint density at radius 3 is 2.57 bits per heavy atom. The van der Waals surface area contributed by atoms with Crippen molar-refractivity contribution >= 4 is 27.4 Å². The second kappa shape index (κ2) is 6.70. The maximum absolute atomic E-state index is 11.0. The summed E-state index contributed by atoms with van der Waals surface area (Å²) in [5.41, 5.74) is 0.679. The molecule has 116 valence electrons. The summed E-state index contributed by atoms with van der Waals surface area (Å²) in [5.74, 6) is 0.783. The molecule has 0 radical (unpaired) electrons. The monoisotopic (exact) mass is 356 g/mol. The molecule has 0 saturated heterocycles. The van der Waals surface area contributed by atoms with Gasteiger partial charge in [0.15, 0.2) is 0 Å². The molecule has 0 aromatic carbocycles. The number of hydrogen-bond acceptors (Lipinski definition) is 5. The first-order valence-electron chi connectivity index (χ1n) is 7.15. The second-order valence-corrected chi connectivity index (χ2v) is 6.36. The van der Waals surface area contributed by atoms with Crippen LogP contribution in [0.4, 0.5) is 11.5 Å². The third-order valence-electron chi connectivity index (χ3n) is 4.40. The maximum Gasteiger partial charge on any atom is 0.291 e. The van der Waals surface area contributed by atoms with Crippen LogP contribution in [0.25, 0.3) is 0 Å². The molecule has 0 amide bonds. The normalized spacial score (nSPS) is 22.1. The molecule has 1 N–H and O–H groups in total. The topological polar surface area (TPSA) is 71.3 Å². The van der Waals surface area contributed by atoms with Crippen molar-refractivity contribution in [2.45, 2.75) is 44.7 Å². The molecule has 1 fully saturated rings. The first kappa shape index (κ1) is 16.2. The van der Waals surface area contributed by atoms with Crippen molar-refractivity contribution in [3.05, 3.63) is 26.3 Å². The van der Waals surface area contributed by atoms with Crippen LogP contribution >= 0.6 is 15.9 Å². The summed E-state index contributed by atoms with van der Waals surface area (Å²) in [6.07, 6.45) is 5.85. The van der Waals surface area contributed by atoms with Crippen LogP contribution in [0.2, 0.25) is 0 Å². The van der Waals surface area contributed by atoms with Crippen molar-refractivity contribution in [2.75, 3.05) is 19.0 Å². The van der Waals surface area contributed by atoms with Gasteiger partial charge in [-0.3, -0.25) is 10.1 Å². The highest BCUT2D eigenvalue weighted by Crippen LogP contribution is 2.35. The molecule has 0 aliphatic heterocycles. The van der Waals surface area contributed by atoms with Crippen molar-refractivity contribution in [1.29, 1.82) is 0 Å². The standard InChI is InChI=1S/C14H21BrN4O2/c1-9-12(19(20)21)8-17-14(13(9)15)18(3)11-6-4-10(16-2)5-7-11/h8,10-11,16H,4-7H2,1-3H3. The van der Waals surface area contributed by atoms with E-state index in [0.717, 1.165) is 36.0 Å². The zero-order valence-corrected chi connectivity index (χ0v) is 14.2. The molecule has 1 heterocycles. The van der Waals surface area contributed by atoms with Crippen molar-refractivity contribution in [3.63, 3.8) is 0 Å². The molecule has 6 nitrogen and oxygen atoms in total. The molecular formula is C14H21BrN4O2. The average molecular weight is 357 g/mol. The van der Waals surface area contributed by atoms with Gasteiger partial charge in [-0.2, -0.15) is 0 Å². The zero-order valence-electron chi connectivity index (χ0n) is 12.6. The molecule has 0 spiro atoms. The van der Waals surface area contributed by atoms with Crippen LogP contribution in [0.5, 0.6) is 0 Å².